The minimum Gasteiger partial charge on any atom is -0.503 e. The minimum atomic E-state index is -4.11. The second kappa shape index (κ2) is 6.96. The number of sulfone groups is 1. The summed E-state index contributed by atoms with van der Waals surface area (Å²) in [4.78, 5) is -0.144. The smallest absolute Gasteiger partial charge is 0.188 e. The van der Waals surface area contributed by atoms with E-state index in [9.17, 15) is 36.2 Å². The predicted octanol–water partition coefficient (Wildman–Crippen LogP) is 4.78. The molecular formula is C23H18F4O4S. The van der Waals surface area contributed by atoms with Crippen molar-refractivity contribution in [2.24, 2.45) is 0 Å². The average molecular weight is 466 g/mol. The monoisotopic (exact) mass is 466 g/mol. The third-order valence-corrected chi connectivity index (χ3v) is 8.67. The molecular weight excluding hydrogens is 448 g/mol. The van der Waals surface area contributed by atoms with Crippen molar-refractivity contribution in [1.29, 1.82) is 0 Å². The summed E-state index contributed by atoms with van der Waals surface area (Å²) in [6.07, 6.45) is 0. The summed E-state index contributed by atoms with van der Waals surface area (Å²) < 4.78 is 85.4. The maximum absolute atomic E-state index is 14.8. The summed E-state index contributed by atoms with van der Waals surface area (Å²) in [5.41, 5.74) is -2.84. The van der Waals surface area contributed by atoms with Gasteiger partial charge in [-0.15, -0.1) is 0 Å². The Labute approximate surface area is 181 Å². The van der Waals surface area contributed by atoms with Gasteiger partial charge in [0.1, 0.15) is 0 Å². The number of hydrogen-bond acceptors (Lipinski definition) is 4. The first-order chi connectivity index (χ1) is 14.9. The normalized spacial score (nSPS) is 18.5. The van der Waals surface area contributed by atoms with E-state index in [1.54, 1.807) is 0 Å². The van der Waals surface area contributed by atoms with Crippen molar-refractivity contribution in [1.82, 2.24) is 0 Å². The second-order valence-corrected chi connectivity index (χ2v) is 10.1. The molecule has 1 aliphatic heterocycles. The van der Waals surface area contributed by atoms with Crippen LogP contribution < -0.4 is 0 Å². The van der Waals surface area contributed by atoms with Crippen LogP contribution in [0.15, 0.2) is 41.3 Å². The molecule has 0 aromatic heterocycles. The average Bonchev–Trinajstić information content (AvgIpc) is 2.94. The molecule has 0 bridgehead atoms. The summed E-state index contributed by atoms with van der Waals surface area (Å²) in [5, 5.41) is 18.0. The molecule has 0 aliphatic carbocycles. The van der Waals surface area contributed by atoms with E-state index < -0.39 is 55.3 Å². The Kier molecular flexibility index (Phi) is 4.82. The van der Waals surface area contributed by atoms with Crippen molar-refractivity contribution >= 4 is 9.84 Å². The zero-order chi connectivity index (χ0) is 23.7. The van der Waals surface area contributed by atoms with Crippen LogP contribution in [-0.2, 0) is 15.3 Å². The van der Waals surface area contributed by atoms with Crippen LogP contribution in [0.1, 0.15) is 34.7 Å². The summed E-state index contributed by atoms with van der Waals surface area (Å²) >= 11 is 0. The van der Waals surface area contributed by atoms with Gasteiger partial charge in [0, 0.05) is 0 Å². The molecule has 0 spiro atoms. The first kappa shape index (κ1) is 22.1. The van der Waals surface area contributed by atoms with E-state index in [-0.39, 0.29) is 32.7 Å². The van der Waals surface area contributed by atoms with Crippen molar-refractivity contribution < 1.29 is 36.2 Å². The summed E-state index contributed by atoms with van der Waals surface area (Å²) in [7, 11) is -4.11. The first-order valence-corrected chi connectivity index (χ1v) is 11.1. The Morgan fingerprint density at radius 3 is 1.72 bits per heavy atom. The lowest BCUT2D eigenvalue weighted by molar-refractivity contribution is 0.387. The molecule has 1 unspecified atom stereocenters. The van der Waals surface area contributed by atoms with Crippen molar-refractivity contribution in [3.05, 3.63) is 87.5 Å². The molecule has 0 saturated carbocycles. The van der Waals surface area contributed by atoms with Crippen LogP contribution >= 0.6 is 0 Å². The van der Waals surface area contributed by atoms with Gasteiger partial charge in [0.15, 0.2) is 44.6 Å². The number of halogens is 4. The van der Waals surface area contributed by atoms with Gasteiger partial charge in [0.05, 0.1) is 15.6 Å². The van der Waals surface area contributed by atoms with E-state index in [4.69, 9.17) is 0 Å². The van der Waals surface area contributed by atoms with E-state index >= 15 is 0 Å². The van der Waals surface area contributed by atoms with Gasteiger partial charge in [0.25, 0.3) is 0 Å². The Morgan fingerprint density at radius 1 is 0.812 bits per heavy atom. The third-order valence-electron chi connectivity index (χ3n) is 6.42. The standard InChI is InChI=1S/C23H18F4O4S/c1-10-14(8-16(24)21(28)19(10)26)23(15-9-17(25)22(29)20(27)11(15)2)12(3)32(30,31)18-7-5-4-6-13(18)23/h4-9,12,28-29H,1-3H3. The van der Waals surface area contributed by atoms with E-state index in [0.717, 1.165) is 12.1 Å². The molecule has 2 N–H and O–H groups in total. The lowest BCUT2D eigenvalue weighted by Crippen LogP contribution is -2.41. The largest absolute Gasteiger partial charge is 0.503 e. The molecule has 3 aromatic carbocycles. The van der Waals surface area contributed by atoms with Gasteiger partial charge < -0.3 is 10.2 Å². The van der Waals surface area contributed by atoms with Gasteiger partial charge in [-0.1, -0.05) is 18.2 Å². The van der Waals surface area contributed by atoms with E-state index in [1.165, 1.54) is 45.0 Å². The van der Waals surface area contributed by atoms with Crippen LogP contribution in [-0.4, -0.2) is 23.9 Å². The number of phenolic OH excluding ortho intramolecular Hbond substituents is 2. The molecule has 0 saturated heterocycles. The molecule has 0 amide bonds. The molecule has 0 radical (unpaired) electrons. The fourth-order valence-corrected chi connectivity index (χ4v) is 6.81. The number of phenols is 2. The Balaban J connectivity index is 2.31. The molecule has 32 heavy (non-hydrogen) atoms. The Morgan fingerprint density at radius 2 is 1.25 bits per heavy atom. The highest BCUT2D eigenvalue weighted by molar-refractivity contribution is 7.92. The van der Waals surface area contributed by atoms with Crippen LogP contribution in [0.4, 0.5) is 17.6 Å². The topological polar surface area (TPSA) is 74.6 Å². The van der Waals surface area contributed by atoms with Crippen molar-refractivity contribution in [2.45, 2.75) is 36.3 Å². The predicted molar refractivity (Wildman–Crippen MR) is 108 cm³/mol. The number of rotatable bonds is 2. The highest BCUT2D eigenvalue weighted by atomic mass is 32.2. The van der Waals surface area contributed by atoms with Crippen LogP contribution in [0.2, 0.25) is 0 Å². The third kappa shape index (κ3) is 2.57. The van der Waals surface area contributed by atoms with Crippen LogP contribution in [0.3, 0.4) is 0 Å². The molecule has 1 aliphatic rings. The minimum absolute atomic E-state index is 0.0766. The van der Waals surface area contributed by atoms with Crippen molar-refractivity contribution in [3.63, 3.8) is 0 Å². The van der Waals surface area contributed by atoms with Gasteiger partial charge in [0.2, 0.25) is 0 Å². The quantitative estimate of drug-likeness (QED) is 0.533. The van der Waals surface area contributed by atoms with Crippen molar-refractivity contribution in [2.75, 3.05) is 0 Å². The van der Waals surface area contributed by atoms with Crippen molar-refractivity contribution in [3.8, 4) is 11.5 Å². The van der Waals surface area contributed by atoms with E-state index in [1.807, 2.05) is 0 Å². The van der Waals surface area contributed by atoms with E-state index in [0.29, 0.717) is 0 Å². The molecule has 3 aromatic rings. The highest BCUT2D eigenvalue weighted by Crippen LogP contribution is 2.56. The fraction of sp³-hybridized carbons (Fsp3) is 0.217. The SMILES string of the molecule is Cc1c(C2(c3cc(F)c(O)c(F)c3C)c3ccccc3S(=O)(=O)C2C)cc(F)c(O)c1F. The zero-order valence-electron chi connectivity index (χ0n) is 17.2. The molecule has 168 valence electrons. The van der Waals surface area contributed by atoms with Gasteiger partial charge in [-0.3, -0.25) is 0 Å². The van der Waals surface area contributed by atoms with Gasteiger partial charge in [-0.2, -0.15) is 0 Å². The number of benzene rings is 3. The summed E-state index contributed by atoms with van der Waals surface area (Å²) in [5.74, 6) is -7.83. The van der Waals surface area contributed by atoms with Crippen LogP contribution in [0, 0.1) is 37.1 Å². The zero-order valence-corrected chi connectivity index (χ0v) is 18.0. The number of aromatic hydroxyl groups is 2. The lowest BCUT2D eigenvalue weighted by Gasteiger charge is -2.37. The molecule has 1 atom stereocenters. The molecule has 9 heteroatoms. The van der Waals surface area contributed by atoms with Gasteiger partial charge in [-0.05, 0) is 66.8 Å². The summed E-state index contributed by atoms with van der Waals surface area (Å²) in [6.45, 7) is 3.72. The fourth-order valence-electron chi connectivity index (χ4n) is 4.78. The maximum Gasteiger partial charge on any atom is 0.188 e. The second-order valence-electron chi connectivity index (χ2n) is 7.88. The number of hydrogen-bond donors (Lipinski definition) is 2. The summed E-state index contributed by atoms with van der Waals surface area (Å²) in [6, 6.07) is 7.27. The molecule has 4 rings (SSSR count). The van der Waals surface area contributed by atoms with Gasteiger partial charge in [-0.25, -0.2) is 26.0 Å². The Hall–Kier alpha value is -3.07. The van der Waals surface area contributed by atoms with Crippen LogP contribution in [0.25, 0.3) is 0 Å². The highest BCUT2D eigenvalue weighted by Gasteiger charge is 2.57. The number of fused-ring (bicyclic) bond motifs is 1. The molecule has 1 heterocycles. The maximum atomic E-state index is 14.8. The molecule has 4 nitrogen and oxygen atoms in total. The Bertz CT molecular complexity index is 1340. The molecule has 0 fully saturated rings. The first-order valence-electron chi connectivity index (χ1n) is 9.57. The lowest BCUT2D eigenvalue weighted by atomic mass is 9.65. The van der Waals surface area contributed by atoms with Gasteiger partial charge >= 0.3 is 0 Å². The van der Waals surface area contributed by atoms with Crippen LogP contribution in [0.5, 0.6) is 11.5 Å². The van der Waals surface area contributed by atoms with E-state index in [2.05, 4.69) is 0 Å².